The zero-order valence-corrected chi connectivity index (χ0v) is 10.0. The fourth-order valence-corrected chi connectivity index (χ4v) is 0.978. The molecule has 0 bridgehead atoms. The Morgan fingerprint density at radius 2 is 2.31 bits per heavy atom. The molecule has 90 valence electrons. The first-order valence-electron chi connectivity index (χ1n) is 5.24. The van der Waals surface area contributed by atoms with E-state index in [4.69, 9.17) is 11.2 Å². The van der Waals surface area contributed by atoms with Crippen molar-refractivity contribution in [1.29, 1.82) is 0 Å². The number of hydrogen-bond acceptors (Lipinski definition) is 3. The first kappa shape index (κ1) is 14.7. The lowest BCUT2D eigenvalue weighted by Crippen LogP contribution is -2.43. The third-order valence-corrected chi connectivity index (χ3v) is 1.80. The second-order valence-corrected chi connectivity index (χ2v) is 3.61. The molecule has 0 fully saturated rings. The molecule has 0 heterocycles. The maximum atomic E-state index is 11.3. The predicted molar refractivity (Wildman–Crippen MR) is 64.9 cm³/mol. The molecule has 16 heavy (non-hydrogen) atoms. The van der Waals surface area contributed by atoms with Crippen LogP contribution >= 0.6 is 0 Å². The number of terminal acetylenes is 1. The SMILES string of the molecule is C#CCNC(=O)C(C)NCCOCC(=C)C. The number of amides is 1. The van der Waals surface area contributed by atoms with Gasteiger partial charge in [0, 0.05) is 6.54 Å². The van der Waals surface area contributed by atoms with Crippen molar-refractivity contribution in [3.63, 3.8) is 0 Å². The summed E-state index contributed by atoms with van der Waals surface area (Å²) < 4.78 is 5.28. The van der Waals surface area contributed by atoms with Gasteiger partial charge in [-0.05, 0) is 13.8 Å². The molecule has 0 aliphatic carbocycles. The van der Waals surface area contributed by atoms with E-state index in [-0.39, 0.29) is 18.5 Å². The molecule has 1 atom stereocenters. The van der Waals surface area contributed by atoms with Crippen LogP contribution in [0.15, 0.2) is 12.2 Å². The number of rotatable bonds is 8. The Balaban J connectivity index is 3.50. The van der Waals surface area contributed by atoms with E-state index in [2.05, 4.69) is 23.1 Å². The van der Waals surface area contributed by atoms with E-state index in [0.29, 0.717) is 19.8 Å². The molecular formula is C12H20N2O2. The topological polar surface area (TPSA) is 50.4 Å². The molecule has 2 N–H and O–H groups in total. The van der Waals surface area contributed by atoms with Crippen molar-refractivity contribution in [2.75, 3.05) is 26.3 Å². The van der Waals surface area contributed by atoms with Crippen LogP contribution in [0.4, 0.5) is 0 Å². The monoisotopic (exact) mass is 224 g/mol. The molecule has 0 radical (unpaired) electrons. The van der Waals surface area contributed by atoms with Crippen LogP contribution in [0.5, 0.6) is 0 Å². The first-order valence-corrected chi connectivity index (χ1v) is 5.24. The minimum atomic E-state index is -0.262. The van der Waals surface area contributed by atoms with Crippen molar-refractivity contribution in [2.45, 2.75) is 19.9 Å². The van der Waals surface area contributed by atoms with Gasteiger partial charge in [-0.15, -0.1) is 6.42 Å². The highest BCUT2D eigenvalue weighted by Crippen LogP contribution is 1.87. The third kappa shape index (κ3) is 8.04. The second-order valence-electron chi connectivity index (χ2n) is 3.61. The number of ether oxygens (including phenoxy) is 1. The Hall–Kier alpha value is -1.31. The van der Waals surface area contributed by atoms with Gasteiger partial charge >= 0.3 is 0 Å². The van der Waals surface area contributed by atoms with Crippen LogP contribution in [-0.2, 0) is 9.53 Å². The van der Waals surface area contributed by atoms with E-state index in [9.17, 15) is 4.79 Å². The minimum Gasteiger partial charge on any atom is -0.376 e. The van der Waals surface area contributed by atoms with Gasteiger partial charge in [-0.1, -0.05) is 18.1 Å². The van der Waals surface area contributed by atoms with E-state index >= 15 is 0 Å². The number of hydrogen-bond donors (Lipinski definition) is 2. The summed E-state index contributed by atoms with van der Waals surface area (Å²) in [6.45, 7) is 9.40. The van der Waals surface area contributed by atoms with E-state index in [1.165, 1.54) is 0 Å². The lowest BCUT2D eigenvalue weighted by Gasteiger charge is -2.12. The van der Waals surface area contributed by atoms with Crippen LogP contribution < -0.4 is 10.6 Å². The van der Waals surface area contributed by atoms with E-state index in [0.717, 1.165) is 5.57 Å². The molecule has 1 amide bonds. The van der Waals surface area contributed by atoms with E-state index in [1.54, 1.807) is 6.92 Å². The highest BCUT2D eigenvalue weighted by Gasteiger charge is 2.09. The smallest absolute Gasteiger partial charge is 0.237 e. The fourth-order valence-electron chi connectivity index (χ4n) is 0.978. The van der Waals surface area contributed by atoms with Crippen LogP contribution in [-0.4, -0.2) is 38.3 Å². The number of nitrogens with one attached hydrogen (secondary N) is 2. The van der Waals surface area contributed by atoms with Gasteiger partial charge in [0.2, 0.25) is 5.91 Å². The van der Waals surface area contributed by atoms with Gasteiger partial charge in [0.1, 0.15) is 0 Å². The zero-order chi connectivity index (χ0) is 12.4. The largest absolute Gasteiger partial charge is 0.376 e. The van der Waals surface area contributed by atoms with Gasteiger partial charge in [0.15, 0.2) is 0 Å². The average molecular weight is 224 g/mol. The first-order chi connectivity index (χ1) is 7.57. The summed E-state index contributed by atoms with van der Waals surface area (Å²) in [5.41, 5.74) is 0.986. The molecule has 0 aliphatic rings. The van der Waals surface area contributed by atoms with Crippen molar-refractivity contribution < 1.29 is 9.53 Å². The van der Waals surface area contributed by atoms with Crippen molar-refractivity contribution in [1.82, 2.24) is 10.6 Å². The zero-order valence-electron chi connectivity index (χ0n) is 10.0. The Morgan fingerprint density at radius 3 is 2.88 bits per heavy atom. The van der Waals surface area contributed by atoms with Crippen LogP contribution in [0.1, 0.15) is 13.8 Å². The highest BCUT2D eigenvalue weighted by molar-refractivity contribution is 5.81. The summed E-state index contributed by atoms with van der Waals surface area (Å²) in [5, 5.41) is 5.63. The lowest BCUT2D eigenvalue weighted by molar-refractivity contribution is -0.122. The molecular weight excluding hydrogens is 204 g/mol. The maximum absolute atomic E-state index is 11.3. The molecule has 0 aliphatic heterocycles. The molecule has 1 unspecified atom stereocenters. The third-order valence-electron chi connectivity index (χ3n) is 1.80. The molecule has 0 saturated heterocycles. The second kappa shape index (κ2) is 8.96. The van der Waals surface area contributed by atoms with Gasteiger partial charge < -0.3 is 15.4 Å². The Kier molecular flexibility index (Phi) is 8.22. The van der Waals surface area contributed by atoms with Crippen molar-refractivity contribution in [2.24, 2.45) is 0 Å². The van der Waals surface area contributed by atoms with Gasteiger partial charge in [0.05, 0.1) is 25.8 Å². The summed E-state index contributed by atoms with van der Waals surface area (Å²) in [6.07, 6.45) is 5.03. The summed E-state index contributed by atoms with van der Waals surface area (Å²) in [7, 11) is 0. The summed E-state index contributed by atoms with van der Waals surface area (Å²) in [6, 6.07) is -0.262. The summed E-state index contributed by atoms with van der Waals surface area (Å²) >= 11 is 0. The average Bonchev–Trinajstić information content (AvgIpc) is 2.24. The standard InChI is InChI=1S/C12H20N2O2/c1-5-6-14-12(15)11(4)13-7-8-16-9-10(2)3/h1,11,13H,2,6-9H2,3-4H3,(H,14,15). The van der Waals surface area contributed by atoms with Gasteiger partial charge in [0.25, 0.3) is 0 Å². The molecule has 0 aromatic heterocycles. The lowest BCUT2D eigenvalue weighted by atomic mass is 10.3. The quantitative estimate of drug-likeness (QED) is 0.354. The molecule has 0 aromatic rings. The number of carbonyl (C=O) groups excluding carboxylic acids is 1. The molecule has 4 heteroatoms. The van der Waals surface area contributed by atoms with Crippen LogP contribution in [0.25, 0.3) is 0 Å². The highest BCUT2D eigenvalue weighted by atomic mass is 16.5. The molecule has 0 rings (SSSR count). The fraction of sp³-hybridized carbons (Fsp3) is 0.583. The Labute approximate surface area is 97.4 Å². The van der Waals surface area contributed by atoms with Crippen LogP contribution in [0.2, 0.25) is 0 Å². The van der Waals surface area contributed by atoms with Gasteiger partial charge in [-0.2, -0.15) is 0 Å². The van der Waals surface area contributed by atoms with Crippen LogP contribution in [0, 0.1) is 12.3 Å². The van der Waals surface area contributed by atoms with Crippen molar-refractivity contribution in [3.05, 3.63) is 12.2 Å². The molecule has 4 nitrogen and oxygen atoms in total. The van der Waals surface area contributed by atoms with E-state index < -0.39 is 0 Å². The maximum Gasteiger partial charge on any atom is 0.237 e. The van der Waals surface area contributed by atoms with Gasteiger partial charge in [-0.3, -0.25) is 4.79 Å². The Morgan fingerprint density at radius 1 is 1.62 bits per heavy atom. The molecule has 0 spiro atoms. The predicted octanol–water partition coefficient (Wildman–Crippen LogP) is 0.307. The minimum absolute atomic E-state index is 0.0992. The van der Waals surface area contributed by atoms with Crippen molar-refractivity contribution in [3.8, 4) is 12.3 Å². The van der Waals surface area contributed by atoms with Crippen LogP contribution in [0.3, 0.4) is 0 Å². The summed E-state index contributed by atoms with van der Waals surface area (Å²) in [4.78, 5) is 11.3. The molecule has 0 aromatic carbocycles. The van der Waals surface area contributed by atoms with E-state index in [1.807, 2.05) is 6.92 Å². The Bertz CT molecular complexity index is 269. The molecule has 0 saturated carbocycles. The normalized spacial score (nSPS) is 11.6. The summed E-state index contributed by atoms with van der Waals surface area (Å²) in [5.74, 6) is 2.25. The van der Waals surface area contributed by atoms with Crippen molar-refractivity contribution >= 4 is 5.91 Å². The van der Waals surface area contributed by atoms with Gasteiger partial charge in [-0.25, -0.2) is 0 Å². The number of carbonyl (C=O) groups is 1.